The first kappa shape index (κ1) is 23.0. The fourth-order valence-corrected chi connectivity index (χ4v) is 4.04. The second-order valence-corrected chi connectivity index (χ2v) is 8.38. The molecule has 10 nitrogen and oxygen atoms in total. The molecule has 1 aromatic heterocycles. The van der Waals surface area contributed by atoms with Crippen LogP contribution in [0.25, 0.3) is 0 Å². The molecule has 0 bridgehead atoms. The zero-order chi connectivity index (χ0) is 25.3. The average Bonchev–Trinajstić information content (AvgIpc) is 3.26. The Balaban J connectivity index is 1.40. The highest BCUT2D eigenvalue weighted by atomic mass is 16.6. The minimum atomic E-state index is -0.432. The Labute approximate surface area is 206 Å². The van der Waals surface area contributed by atoms with Crippen molar-refractivity contribution in [2.75, 3.05) is 5.32 Å². The lowest BCUT2D eigenvalue weighted by Crippen LogP contribution is -2.49. The number of anilines is 1. The molecule has 2 heterocycles. The molecule has 3 N–H and O–H groups in total. The maximum Gasteiger partial charge on any atom is 0.269 e. The van der Waals surface area contributed by atoms with Crippen LogP contribution < -0.4 is 15.8 Å². The van der Waals surface area contributed by atoms with Crippen molar-refractivity contribution in [3.8, 4) is 0 Å². The number of rotatable bonds is 7. The van der Waals surface area contributed by atoms with Gasteiger partial charge >= 0.3 is 0 Å². The standard InChI is InChI=1S/C26H22N7O3/c1-17(19-8-5-9-21(14-19)32(35)36)30-26-28-13-12-24(31-26)33(27)16-29-22-15-20(10-11-23(22)33)25(34)18-6-3-2-4-7-18/h2-17H,27H2,1H3,(H,28,30,31)/q+1. The molecule has 3 aromatic carbocycles. The number of nitro benzene ring substituents is 1. The van der Waals surface area contributed by atoms with E-state index in [-0.39, 0.29) is 22.1 Å². The molecule has 0 spiro atoms. The van der Waals surface area contributed by atoms with Crippen molar-refractivity contribution >= 4 is 41.0 Å². The Morgan fingerprint density at radius 2 is 1.83 bits per heavy atom. The van der Waals surface area contributed by atoms with E-state index in [9.17, 15) is 14.9 Å². The Kier molecular flexibility index (Phi) is 5.80. The van der Waals surface area contributed by atoms with Gasteiger partial charge in [0.1, 0.15) is 5.69 Å². The van der Waals surface area contributed by atoms with Gasteiger partial charge in [-0.2, -0.15) is 15.8 Å². The van der Waals surface area contributed by atoms with Crippen molar-refractivity contribution in [2.24, 2.45) is 10.8 Å². The number of benzene rings is 3. The van der Waals surface area contributed by atoms with Crippen LogP contribution in [-0.2, 0) is 0 Å². The van der Waals surface area contributed by atoms with Crippen LogP contribution in [0.2, 0.25) is 0 Å². The molecule has 36 heavy (non-hydrogen) atoms. The molecule has 5 rings (SSSR count). The molecule has 4 aromatic rings. The SMILES string of the molecule is CC(Nc1nccc([N+]2(N)C=Nc3cc(C(=O)c4ccccc4)ccc32)n1)c1cccc([N+](=O)[O-])c1. The van der Waals surface area contributed by atoms with Gasteiger partial charge in [0.05, 0.1) is 11.0 Å². The topological polar surface area (TPSA) is 136 Å². The molecule has 1 aliphatic rings. The summed E-state index contributed by atoms with van der Waals surface area (Å²) in [5.41, 5.74) is 3.09. The second-order valence-electron chi connectivity index (χ2n) is 8.38. The third kappa shape index (κ3) is 4.22. The van der Waals surface area contributed by atoms with E-state index >= 15 is 0 Å². The molecule has 0 saturated carbocycles. The minimum Gasteiger partial charge on any atom is -0.348 e. The number of aliphatic imine (C=N–C) groups is 1. The lowest BCUT2D eigenvalue weighted by Gasteiger charge is -2.23. The molecular weight excluding hydrogens is 458 g/mol. The van der Waals surface area contributed by atoms with E-state index in [4.69, 9.17) is 5.84 Å². The van der Waals surface area contributed by atoms with Crippen molar-refractivity contribution in [2.45, 2.75) is 13.0 Å². The number of nitrogens with two attached hydrogens (primary N) is 1. The molecule has 2 unspecified atom stereocenters. The van der Waals surface area contributed by atoms with E-state index in [2.05, 4.69) is 20.3 Å². The predicted molar refractivity (Wildman–Crippen MR) is 137 cm³/mol. The highest BCUT2D eigenvalue weighted by molar-refractivity contribution is 6.10. The first-order valence-corrected chi connectivity index (χ1v) is 11.2. The smallest absolute Gasteiger partial charge is 0.269 e. The Morgan fingerprint density at radius 1 is 1.03 bits per heavy atom. The van der Waals surface area contributed by atoms with Gasteiger partial charge in [0.15, 0.2) is 11.5 Å². The van der Waals surface area contributed by atoms with Crippen LogP contribution in [0.15, 0.2) is 90.1 Å². The monoisotopic (exact) mass is 480 g/mol. The van der Waals surface area contributed by atoms with Crippen molar-refractivity contribution in [3.63, 3.8) is 0 Å². The van der Waals surface area contributed by atoms with Gasteiger partial charge in [-0.25, -0.2) is 4.98 Å². The number of nitro groups is 1. The lowest BCUT2D eigenvalue weighted by molar-refractivity contribution is -0.384. The summed E-state index contributed by atoms with van der Waals surface area (Å²) in [5, 5.41) is 14.3. The van der Waals surface area contributed by atoms with Crippen LogP contribution in [-0.4, -0.2) is 27.0 Å². The molecule has 0 radical (unpaired) electrons. The normalized spacial score (nSPS) is 16.8. The van der Waals surface area contributed by atoms with Gasteiger partial charge in [0, 0.05) is 41.6 Å². The van der Waals surface area contributed by atoms with Gasteiger partial charge in [0.2, 0.25) is 12.3 Å². The number of carbonyl (C=O) groups excluding carboxylic acids is 1. The number of hydrogen-bond donors (Lipinski definition) is 2. The summed E-state index contributed by atoms with van der Waals surface area (Å²) >= 11 is 0. The number of hydrogen-bond acceptors (Lipinski definition) is 8. The van der Waals surface area contributed by atoms with Crippen LogP contribution in [0.3, 0.4) is 0 Å². The molecular formula is C26H22N7O3+. The number of fused-ring (bicyclic) bond motifs is 1. The molecule has 0 fully saturated rings. The van der Waals surface area contributed by atoms with Crippen LogP contribution in [0.4, 0.5) is 28.8 Å². The number of nitrogens with one attached hydrogen (secondary N) is 1. The molecule has 2 atom stereocenters. The number of ketones is 1. The fraction of sp³-hybridized carbons (Fsp3) is 0.0769. The van der Waals surface area contributed by atoms with E-state index in [1.54, 1.807) is 61.1 Å². The van der Waals surface area contributed by atoms with Gasteiger partial charge in [0.25, 0.3) is 11.5 Å². The summed E-state index contributed by atoms with van der Waals surface area (Å²) < 4.78 is -0.294. The van der Waals surface area contributed by atoms with Gasteiger partial charge in [-0.3, -0.25) is 14.9 Å². The summed E-state index contributed by atoms with van der Waals surface area (Å²) in [4.78, 5) is 36.8. The number of quaternary nitrogens is 1. The minimum absolute atomic E-state index is 0.0114. The second kappa shape index (κ2) is 9.10. The Bertz CT molecular complexity index is 1510. The van der Waals surface area contributed by atoms with Crippen molar-refractivity contribution < 1.29 is 9.72 Å². The van der Waals surface area contributed by atoms with E-state index in [1.165, 1.54) is 12.1 Å². The highest BCUT2D eigenvalue weighted by Gasteiger charge is 2.38. The van der Waals surface area contributed by atoms with Crippen LogP contribution in [0.5, 0.6) is 0 Å². The number of non-ortho nitro benzene ring substituents is 1. The van der Waals surface area contributed by atoms with E-state index in [1.807, 2.05) is 25.1 Å². The third-order valence-electron chi connectivity index (χ3n) is 6.00. The molecule has 0 amide bonds. The number of aromatic nitrogens is 2. The molecule has 1 aliphatic heterocycles. The van der Waals surface area contributed by atoms with Gasteiger partial charge in [-0.1, -0.05) is 42.5 Å². The summed E-state index contributed by atoms with van der Waals surface area (Å²) in [7, 11) is 0. The first-order valence-electron chi connectivity index (χ1n) is 11.2. The Hall–Kier alpha value is -4.80. The van der Waals surface area contributed by atoms with Crippen LogP contribution >= 0.6 is 0 Å². The highest BCUT2D eigenvalue weighted by Crippen LogP contribution is 2.41. The van der Waals surface area contributed by atoms with E-state index in [0.717, 1.165) is 5.56 Å². The maximum atomic E-state index is 12.8. The Morgan fingerprint density at radius 3 is 2.61 bits per heavy atom. The summed E-state index contributed by atoms with van der Waals surface area (Å²) in [6.07, 6.45) is 3.13. The average molecular weight is 481 g/mol. The van der Waals surface area contributed by atoms with Gasteiger partial charge < -0.3 is 5.32 Å². The molecule has 10 heteroatoms. The summed E-state index contributed by atoms with van der Waals surface area (Å²) in [6, 6.07) is 22.0. The van der Waals surface area contributed by atoms with Crippen molar-refractivity contribution in [1.29, 1.82) is 0 Å². The predicted octanol–water partition coefficient (Wildman–Crippen LogP) is 4.98. The summed E-state index contributed by atoms with van der Waals surface area (Å²) in [6.45, 7) is 1.86. The molecule has 0 saturated heterocycles. The van der Waals surface area contributed by atoms with Gasteiger partial charge in [-0.15, -0.1) is 4.59 Å². The zero-order valence-corrected chi connectivity index (χ0v) is 19.3. The van der Waals surface area contributed by atoms with Crippen molar-refractivity contribution in [3.05, 3.63) is 112 Å². The maximum absolute atomic E-state index is 12.8. The van der Waals surface area contributed by atoms with Crippen LogP contribution in [0, 0.1) is 10.1 Å². The fourth-order valence-electron chi connectivity index (χ4n) is 4.04. The number of nitrogens with zero attached hydrogens (tertiary/aromatic N) is 5. The lowest BCUT2D eigenvalue weighted by atomic mass is 10.0. The quantitative estimate of drug-likeness (QED) is 0.125. The molecule has 178 valence electrons. The third-order valence-corrected chi connectivity index (χ3v) is 6.00. The van der Waals surface area contributed by atoms with E-state index < -0.39 is 4.92 Å². The summed E-state index contributed by atoms with van der Waals surface area (Å²) in [5.74, 6) is 7.38. The zero-order valence-electron chi connectivity index (χ0n) is 19.3. The van der Waals surface area contributed by atoms with Crippen molar-refractivity contribution in [1.82, 2.24) is 14.6 Å². The number of carbonyl (C=O) groups is 1. The largest absolute Gasteiger partial charge is 0.348 e. The first-order chi connectivity index (χ1) is 17.3. The van der Waals surface area contributed by atoms with Crippen LogP contribution in [0.1, 0.15) is 34.5 Å². The molecule has 0 aliphatic carbocycles. The van der Waals surface area contributed by atoms with E-state index in [0.29, 0.717) is 34.3 Å². The van der Waals surface area contributed by atoms with Gasteiger partial charge in [-0.05, 0) is 24.6 Å².